The molecule has 0 saturated carbocycles. The van der Waals surface area contributed by atoms with E-state index in [0.717, 1.165) is 0 Å². The molecule has 0 bridgehead atoms. The number of hydrogen-bond acceptors (Lipinski definition) is 3. The third-order valence-electron chi connectivity index (χ3n) is 2.15. The third kappa shape index (κ3) is 6.10. The molecule has 0 spiro atoms. The number of nitrogens with one attached hydrogen (secondary N) is 1. The highest BCUT2D eigenvalue weighted by molar-refractivity contribution is 5.67. The Morgan fingerprint density at radius 2 is 2.15 bits per heavy atom. The highest BCUT2D eigenvalue weighted by Gasteiger charge is 2.15. The highest BCUT2D eigenvalue weighted by atomic mass is 19.1. The second kappa shape index (κ2) is 6.80. The molecule has 108 valence electrons. The second-order valence-electron chi connectivity index (χ2n) is 5.22. The Kier molecular flexibility index (Phi) is 5.39. The van der Waals surface area contributed by atoms with Crippen LogP contribution < -0.4 is 11.1 Å². The number of ether oxygens (including phenoxy) is 1. The summed E-state index contributed by atoms with van der Waals surface area (Å²) in [6, 6.07) is 4.31. The molecule has 0 aliphatic carbocycles. The Morgan fingerprint density at radius 3 is 2.75 bits per heavy atom. The molecule has 0 heterocycles. The zero-order chi connectivity index (χ0) is 15.2. The second-order valence-corrected chi connectivity index (χ2v) is 5.22. The van der Waals surface area contributed by atoms with Crippen LogP contribution in [0.1, 0.15) is 32.8 Å². The van der Waals surface area contributed by atoms with Gasteiger partial charge in [0.2, 0.25) is 0 Å². The topological polar surface area (TPSA) is 64.3 Å². The summed E-state index contributed by atoms with van der Waals surface area (Å²) in [5.74, 6) is 5.26. The summed E-state index contributed by atoms with van der Waals surface area (Å²) < 4.78 is 18.0. The van der Waals surface area contributed by atoms with E-state index in [1.165, 1.54) is 12.1 Å². The van der Waals surface area contributed by atoms with Gasteiger partial charge in [0.25, 0.3) is 0 Å². The van der Waals surface area contributed by atoms with E-state index in [9.17, 15) is 9.18 Å². The lowest BCUT2D eigenvalue weighted by atomic mass is 10.2. The molecular weight excluding hydrogens is 259 g/mol. The van der Waals surface area contributed by atoms with Crippen LogP contribution in [-0.2, 0) is 4.74 Å². The number of rotatable bonds is 2. The number of nitrogen functional groups attached to an aromatic ring is 1. The van der Waals surface area contributed by atoms with Crippen LogP contribution in [0.25, 0.3) is 0 Å². The van der Waals surface area contributed by atoms with E-state index in [1.54, 1.807) is 26.8 Å². The molecule has 0 radical (unpaired) electrons. The number of hydrogen-bond donors (Lipinski definition) is 2. The van der Waals surface area contributed by atoms with Crippen molar-refractivity contribution in [3.05, 3.63) is 29.6 Å². The van der Waals surface area contributed by atoms with Crippen LogP contribution in [0.4, 0.5) is 14.9 Å². The van der Waals surface area contributed by atoms with E-state index in [2.05, 4.69) is 17.2 Å². The van der Waals surface area contributed by atoms with Crippen molar-refractivity contribution in [2.24, 2.45) is 0 Å². The van der Waals surface area contributed by atoms with E-state index in [0.29, 0.717) is 18.5 Å². The van der Waals surface area contributed by atoms with Gasteiger partial charge in [0.1, 0.15) is 11.4 Å². The smallest absolute Gasteiger partial charge is 0.407 e. The average Bonchev–Trinajstić information content (AvgIpc) is 2.31. The van der Waals surface area contributed by atoms with Gasteiger partial charge in [-0.15, -0.1) is 0 Å². The molecule has 0 fully saturated rings. The molecule has 1 aromatic carbocycles. The minimum Gasteiger partial charge on any atom is -0.444 e. The lowest BCUT2D eigenvalue weighted by Crippen LogP contribution is -2.32. The fraction of sp³-hybridized carbons (Fsp3) is 0.400. The number of benzene rings is 1. The Morgan fingerprint density at radius 1 is 1.45 bits per heavy atom. The van der Waals surface area contributed by atoms with Crippen molar-refractivity contribution in [1.82, 2.24) is 5.32 Å². The zero-order valence-corrected chi connectivity index (χ0v) is 11.9. The van der Waals surface area contributed by atoms with Crippen LogP contribution in [-0.4, -0.2) is 18.2 Å². The van der Waals surface area contributed by atoms with E-state index < -0.39 is 17.5 Å². The molecule has 1 amide bonds. The van der Waals surface area contributed by atoms with Crippen LogP contribution >= 0.6 is 0 Å². The largest absolute Gasteiger partial charge is 0.444 e. The van der Waals surface area contributed by atoms with Crippen molar-refractivity contribution >= 4 is 11.8 Å². The van der Waals surface area contributed by atoms with Gasteiger partial charge in [-0.3, -0.25) is 0 Å². The van der Waals surface area contributed by atoms with E-state index in [4.69, 9.17) is 10.5 Å². The molecule has 0 aliphatic rings. The zero-order valence-electron chi connectivity index (χ0n) is 11.9. The van der Waals surface area contributed by atoms with Crippen LogP contribution in [0.15, 0.2) is 18.2 Å². The summed E-state index contributed by atoms with van der Waals surface area (Å²) in [5, 5.41) is 2.60. The molecule has 1 aromatic rings. The van der Waals surface area contributed by atoms with Crippen LogP contribution in [0.2, 0.25) is 0 Å². The number of alkyl carbamates (subject to hydrolysis) is 1. The first-order valence-corrected chi connectivity index (χ1v) is 6.29. The Balaban J connectivity index is 2.36. The molecule has 0 aliphatic heterocycles. The van der Waals surface area contributed by atoms with E-state index in [1.807, 2.05) is 0 Å². The number of halogens is 1. The first kappa shape index (κ1) is 15.8. The van der Waals surface area contributed by atoms with Crippen molar-refractivity contribution in [1.29, 1.82) is 0 Å². The van der Waals surface area contributed by atoms with Gasteiger partial charge >= 0.3 is 6.09 Å². The number of amides is 1. The number of nitrogens with two attached hydrogens (primary N) is 1. The molecule has 0 unspecified atom stereocenters. The molecule has 4 nitrogen and oxygen atoms in total. The molecule has 0 aromatic heterocycles. The molecule has 5 heteroatoms. The standard InChI is InChI=1S/C15H19FN2O2/c1-15(2,3)20-14(19)18-9-5-4-6-11-7-8-12(16)13(17)10-11/h7-8,10H,5,9,17H2,1-3H3,(H,18,19). The SMILES string of the molecule is CC(C)(C)OC(=O)NCCC#Cc1ccc(F)c(N)c1. The van der Waals surface area contributed by atoms with Gasteiger partial charge in [0.15, 0.2) is 0 Å². The summed E-state index contributed by atoms with van der Waals surface area (Å²) >= 11 is 0. The van der Waals surface area contributed by atoms with E-state index in [-0.39, 0.29) is 5.69 Å². The minimum atomic E-state index is -0.512. The predicted molar refractivity (Wildman–Crippen MR) is 76.5 cm³/mol. The molecule has 3 N–H and O–H groups in total. The predicted octanol–water partition coefficient (Wildman–Crippen LogP) is 2.67. The summed E-state index contributed by atoms with van der Waals surface area (Å²) in [4.78, 5) is 11.3. The van der Waals surface area contributed by atoms with Crippen LogP contribution in [0.3, 0.4) is 0 Å². The fourth-order valence-corrected chi connectivity index (χ4v) is 1.33. The van der Waals surface area contributed by atoms with E-state index >= 15 is 0 Å². The van der Waals surface area contributed by atoms with Crippen LogP contribution in [0.5, 0.6) is 0 Å². The molecule has 20 heavy (non-hydrogen) atoms. The number of carbonyl (C=O) groups is 1. The lowest BCUT2D eigenvalue weighted by Gasteiger charge is -2.19. The summed E-state index contributed by atoms with van der Waals surface area (Å²) in [6.45, 7) is 5.78. The average molecular weight is 278 g/mol. The van der Waals surface area contributed by atoms with Gasteiger partial charge in [-0.05, 0) is 39.0 Å². The maximum absolute atomic E-state index is 12.9. The summed E-state index contributed by atoms with van der Waals surface area (Å²) in [6.07, 6.45) is 0.00148. The normalized spacial score (nSPS) is 10.4. The van der Waals surface area contributed by atoms with Crippen molar-refractivity contribution in [3.8, 4) is 11.8 Å². The Labute approximate surface area is 118 Å². The first-order chi connectivity index (χ1) is 9.28. The van der Waals surface area contributed by atoms with Gasteiger partial charge < -0.3 is 15.8 Å². The lowest BCUT2D eigenvalue weighted by molar-refractivity contribution is 0.0529. The summed E-state index contributed by atoms with van der Waals surface area (Å²) in [7, 11) is 0. The maximum Gasteiger partial charge on any atom is 0.407 e. The maximum atomic E-state index is 12.9. The summed E-state index contributed by atoms with van der Waals surface area (Å²) in [5.41, 5.74) is 5.63. The van der Waals surface area contributed by atoms with Gasteiger partial charge in [-0.1, -0.05) is 11.8 Å². The van der Waals surface area contributed by atoms with Crippen molar-refractivity contribution in [2.45, 2.75) is 32.8 Å². The molecule has 1 rings (SSSR count). The van der Waals surface area contributed by atoms with Crippen molar-refractivity contribution in [2.75, 3.05) is 12.3 Å². The van der Waals surface area contributed by atoms with Crippen molar-refractivity contribution < 1.29 is 13.9 Å². The van der Waals surface area contributed by atoms with Gasteiger partial charge in [-0.25, -0.2) is 9.18 Å². The Bertz CT molecular complexity index is 539. The number of anilines is 1. The van der Waals surface area contributed by atoms with Gasteiger partial charge in [-0.2, -0.15) is 0 Å². The molecule has 0 saturated heterocycles. The quantitative estimate of drug-likeness (QED) is 0.496. The monoisotopic (exact) mass is 278 g/mol. The van der Waals surface area contributed by atoms with Crippen molar-refractivity contribution in [3.63, 3.8) is 0 Å². The third-order valence-corrected chi connectivity index (χ3v) is 2.15. The minimum absolute atomic E-state index is 0.0729. The molecular formula is C15H19FN2O2. The number of carbonyl (C=O) groups excluding carboxylic acids is 1. The Hall–Kier alpha value is -2.22. The fourth-order valence-electron chi connectivity index (χ4n) is 1.33. The first-order valence-electron chi connectivity index (χ1n) is 6.29. The molecule has 0 atom stereocenters. The highest BCUT2D eigenvalue weighted by Crippen LogP contribution is 2.11. The van der Waals surface area contributed by atoms with Gasteiger partial charge in [0, 0.05) is 18.5 Å². The van der Waals surface area contributed by atoms with Crippen LogP contribution in [0, 0.1) is 17.7 Å². The van der Waals surface area contributed by atoms with Gasteiger partial charge in [0.05, 0.1) is 5.69 Å².